The van der Waals surface area contributed by atoms with Gasteiger partial charge in [-0.25, -0.2) is 4.98 Å². The van der Waals surface area contributed by atoms with Gasteiger partial charge in [-0.3, -0.25) is 0 Å². The quantitative estimate of drug-likeness (QED) is 0.804. The van der Waals surface area contributed by atoms with E-state index in [0.29, 0.717) is 11.7 Å². The molecule has 0 saturated carbocycles. The van der Waals surface area contributed by atoms with Crippen LogP contribution in [0.3, 0.4) is 0 Å². The van der Waals surface area contributed by atoms with Crippen LogP contribution in [0.4, 0.5) is 0 Å². The smallest absolute Gasteiger partial charge is 0.243 e. The second-order valence-corrected chi connectivity index (χ2v) is 3.36. The largest absolute Gasteiger partial charge is 0.337 e. The van der Waals surface area contributed by atoms with Gasteiger partial charge < -0.3 is 14.4 Å². The van der Waals surface area contributed by atoms with Crippen LogP contribution in [0.15, 0.2) is 17.0 Å². The number of imidazole rings is 1. The van der Waals surface area contributed by atoms with Crippen LogP contribution in [0.25, 0.3) is 11.5 Å². The maximum Gasteiger partial charge on any atom is 0.243 e. The van der Waals surface area contributed by atoms with Gasteiger partial charge in [0, 0.05) is 7.05 Å². The molecule has 0 aliphatic carbocycles. The number of aryl methyl sites for hydroxylation is 1. The van der Waals surface area contributed by atoms with Gasteiger partial charge in [0.2, 0.25) is 11.7 Å². The maximum absolute atomic E-state index is 5.13. The zero-order valence-corrected chi connectivity index (χ0v) is 8.93. The Bertz CT molecular complexity index is 447. The molecule has 0 aliphatic heterocycles. The Hall–Kier alpha value is -1.69. The molecular weight excluding hydrogens is 194 g/mol. The molecule has 1 unspecified atom stereocenters. The average molecular weight is 207 g/mol. The van der Waals surface area contributed by atoms with Gasteiger partial charge in [-0.2, -0.15) is 4.98 Å². The third-order valence-corrected chi connectivity index (χ3v) is 2.29. The summed E-state index contributed by atoms with van der Waals surface area (Å²) >= 11 is 0. The van der Waals surface area contributed by atoms with Gasteiger partial charge in [0.05, 0.1) is 18.6 Å². The Morgan fingerprint density at radius 1 is 1.53 bits per heavy atom. The second kappa shape index (κ2) is 3.82. The van der Waals surface area contributed by atoms with Crippen molar-refractivity contribution in [2.45, 2.75) is 13.0 Å². The summed E-state index contributed by atoms with van der Waals surface area (Å²) in [6, 6.07) is 0.0551. The zero-order chi connectivity index (χ0) is 10.8. The van der Waals surface area contributed by atoms with Crippen molar-refractivity contribution in [1.29, 1.82) is 0 Å². The summed E-state index contributed by atoms with van der Waals surface area (Å²) in [7, 11) is 3.73. The number of hydrogen-bond donors (Lipinski definition) is 1. The molecule has 2 aromatic rings. The molecule has 0 bridgehead atoms. The van der Waals surface area contributed by atoms with Gasteiger partial charge in [0.25, 0.3) is 0 Å². The first-order valence-corrected chi connectivity index (χ1v) is 4.70. The highest BCUT2D eigenvalue weighted by atomic mass is 16.5. The van der Waals surface area contributed by atoms with E-state index in [0.717, 1.165) is 5.69 Å². The lowest BCUT2D eigenvalue weighted by Gasteiger charge is -2.01. The van der Waals surface area contributed by atoms with Crippen LogP contribution in [-0.2, 0) is 7.05 Å². The van der Waals surface area contributed by atoms with Gasteiger partial charge in [-0.05, 0) is 14.0 Å². The SMILES string of the molecule is CNC(C)c1nc(-c2cncn2C)no1. The lowest BCUT2D eigenvalue weighted by atomic mass is 10.3. The Labute approximate surface area is 87.3 Å². The lowest BCUT2D eigenvalue weighted by molar-refractivity contribution is 0.347. The molecule has 0 saturated heterocycles. The van der Waals surface area contributed by atoms with E-state index < -0.39 is 0 Å². The Kier molecular flexibility index (Phi) is 2.51. The summed E-state index contributed by atoms with van der Waals surface area (Å²) in [5.41, 5.74) is 0.841. The Morgan fingerprint density at radius 2 is 2.33 bits per heavy atom. The molecule has 6 nitrogen and oxygen atoms in total. The van der Waals surface area contributed by atoms with Crippen LogP contribution in [0.2, 0.25) is 0 Å². The summed E-state index contributed by atoms with van der Waals surface area (Å²) in [6.45, 7) is 1.96. The molecule has 80 valence electrons. The minimum Gasteiger partial charge on any atom is -0.337 e. The standard InChI is InChI=1S/C9H13N5O/c1-6(10-2)9-12-8(13-15-9)7-4-11-5-14(7)3/h4-6,10H,1-3H3. The third kappa shape index (κ3) is 1.75. The summed E-state index contributed by atoms with van der Waals surface area (Å²) in [6.07, 6.45) is 3.41. The molecule has 2 aromatic heterocycles. The molecule has 2 heterocycles. The molecule has 0 aromatic carbocycles. The highest BCUT2D eigenvalue weighted by Gasteiger charge is 2.14. The van der Waals surface area contributed by atoms with Crippen molar-refractivity contribution < 1.29 is 4.52 Å². The van der Waals surface area contributed by atoms with E-state index in [1.165, 1.54) is 0 Å². The minimum absolute atomic E-state index is 0.0551. The van der Waals surface area contributed by atoms with Crippen molar-refractivity contribution in [2.75, 3.05) is 7.05 Å². The number of nitrogens with one attached hydrogen (secondary N) is 1. The molecule has 0 aliphatic rings. The first-order valence-electron chi connectivity index (χ1n) is 4.70. The molecular formula is C9H13N5O. The van der Waals surface area contributed by atoms with E-state index in [1.807, 2.05) is 25.6 Å². The van der Waals surface area contributed by atoms with Crippen LogP contribution < -0.4 is 5.32 Å². The zero-order valence-electron chi connectivity index (χ0n) is 8.93. The molecule has 1 atom stereocenters. The maximum atomic E-state index is 5.13. The van der Waals surface area contributed by atoms with Gasteiger partial charge in [-0.1, -0.05) is 5.16 Å². The molecule has 6 heteroatoms. The third-order valence-electron chi connectivity index (χ3n) is 2.29. The van der Waals surface area contributed by atoms with E-state index >= 15 is 0 Å². The Morgan fingerprint density at radius 3 is 2.93 bits per heavy atom. The van der Waals surface area contributed by atoms with E-state index in [9.17, 15) is 0 Å². The van der Waals surface area contributed by atoms with E-state index in [4.69, 9.17) is 4.52 Å². The van der Waals surface area contributed by atoms with Crippen molar-refractivity contribution in [1.82, 2.24) is 25.0 Å². The van der Waals surface area contributed by atoms with Crippen molar-refractivity contribution >= 4 is 0 Å². The van der Waals surface area contributed by atoms with Crippen molar-refractivity contribution in [3.05, 3.63) is 18.4 Å². The van der Waals surface area contributed by atoms with Crippen LogP contribution in [0.1, 0.15) is 18.9 Å². The number of hydrogen-bond acceptors (Lipinski definition) is 5. The lowest BCUT2D eigenvalue weighted by Crippen LogP contribution is -2.12. The van der Waals surface area contributed by atoms with Crippen LogP contribution in [0, 0.1) is 0 Å². The van der Waals surface area contributed by atoms with E-state index in [1.54, 1.807) is 12.5 Å². The fraction of sp³-hybridized carbons (Fsp3) is 0.444. The Balaban J connectivity index is 2.32. The van der Waals surface area contributed by atoms with Crippen molar-refractivity contribution in [3.63, 3.8) is 0 Å². The van der Waals surface area contributed by atoms with Gasteiger partial charge in [-0.15, -0.1) is 0 Å². The van der Waals surface area contributed by atoms with Gasteiger partial charge in [0.1, 0.15) is 5.69 Å². The topological polar surface area (TPSA) is 68.8 Å². The summed E-state index contributed by atoms with van der Waals surface area (Å²) in [5, 5.41) is 6.94. The first-order chi connectivity index (χ1) is 7.22. The van der Waals surface area contributed by atoms with Gasteiger partial charge >= 0.3 is 0 Å². The second-order valence-electron chi connectivity index (χ2n) is 3.36. The molecule has 0 radical (unpaired) electrons. The molecule has 1 N–H and O–H groups in total. The van der Waals surface area contributed by atoms with Crippen LogP contribution in [-0.4, -0.2) is 26.7 Å². The van der Waals surface area contributed by atoms with E-state index in [-0.39, 0.29) is 6.04 Å². The fourth-order valence-electron chi connectivity index (χ4n) is 1.21. The molecule has 0 spiro atoms. The number of rotatable bonds is 3. The molecule has 2 rings (SSSR count). The van der Waals surface area contributed by atoms with Crippen LogP contribution in [0.5, 0.6) is 0 Å². The van der Waals surface area contributed by atoms with E-state index in [2.05, 4.69) is 20.4 Å². The van der Waals surface area contributed by atoms with Crippen molar-refractivity contribution in [3.8, 4) is 11.5 Å². The highest BCUT2D eigenvalue weighted by Crippen LogP contribution is 2.16. The van der Waals surface area contributed by atoms with Crippen molar-refractivity contribution in [2.24, 2.45) is 7.05 Å². The fourth-order valence-corrected chi connectivity index (χ4v) is 1.21. The molecule has 0 fully saturated rings. The first kappa shape index (κ1) is 9.85. The highest BCUT2D eigenvalue weighted by molar-refractivity contribution is 5.47. The normalized spacial score (nSPS) is 13.0. The number of aromatic nitrogens is 4. The average Bonchev–Trinajstić information content (AvgIpc) is 2.84. The molecule has 0 amide bonds. The molecule has 15 heavy (non-hydrogen) atoms. The monoisotopic (exact) mass is 207 g/mol. The summed E-state index contributed by atoms with van der Waals surface area (Å²) in [5.74, 6) is 1.14. The minimum atomic E-state index is 0.0551. The number of nitrogens with zero attached hydrogens (tertiary/aromatic N) is 4. The summed E-state index contributed by atoms with van der Waals surface area (Å²) in [4.78, 5) is 8.28. The van der Waals surface area contributed by atoms with Crippen LogP contribution >= 0.6 is 0 Å². The van der Waals surface area contributed by atoms with Gasteiger partial charge in [0.15, 0.2) is 0 Å². The predicted octanol–water partition coefficient (Wildman–Crippen LogP) is 0.750. The predicted molar refractivity (Wildman–Crippen MR) is 54.0 cm³/mol. The summed E-state index contributed by atoms with van der Waals surface area (Å²) < 4.78 is 6.98.